The lowest BCUT2D eigenvalue weighted by Crippen LogP contribution is -2.23. The van der Waals surface area contributed by atoms with Crippen LogP contribution < -0.4 is 10.5 Å². The van der Waals surface area contributed by atoms with Gasteiger partial charge in [-0.1, -0.05) is 23.7 Å². The summed E-state index contributed by atoms with van der Waals surface area (Å²) < 4.78 is 27.4. The van der Waals surface area contributed by atoms with Crippen LogP contribution in [0.2, 0.25) is 5.02 Å². The highest BCUT2D eigenvalue weighted by Crippen LogP contribution is 2.24. The Bertz CT molecular complexity index is 718. The molecule has 2 aromatic rings. The second-order valence-electron chi connectivity index (χ2n) is 4.14. The molecular weight excluding hydrogens is 364 g/mol. The Hall–Kier alpha value is -1.08. The molecule has 0 saturated heterocycles. The summed E-state index contributed by atoms with van der Waals surface area (Å²) in [6.45, 7) is 0.191. The van der Waals surface area contributed by atoms with Crippen LogP contribution in [0.3, 0.4) is 0 Å². The second-order valence-corrected chi connectivity index (χ2v) is 7.17. The van der Waals surface area contributed by atoms with Crippen molar-refractivity contribution >= 4 is 43.2 Å². The predicted molar refractivity (Wildman–Crippen MR) is 84.0 cm³/mol. The summed E-state index contributed by atoms with van der Waals surface area (Å²) in [4.78, 5) is 0.153. The van der Waals surface area contributed by atoms with Gasteiger partial charge in [0.05, 0.1) is 4.90 Å². The number of sulfonamides is 1. The van der Waals surface area contributed by atoms with Crippen molar-refractivity contribution < 1.29 is 8.42 Å². The van der Waals surface area contributed by atoms with Crippen LogP contribution in [0.5, 0.6) is 0 Å². The van der Waals surface area contributed by atoms with Gasteiger partial charge in [-0.3, -0.25) is 0 Å². The minimum absolute atomic E-state index is 0.153. The first-order valence-electron chi connectivity index (χ1n) is 5.67. The van der Waals surface area contributed by atoms with E-state index in [1.807, 2.05) is 0 Å². The fraction of sp³-hybridized carbons (Fsp3) is 0.0769. The maximum atomic E-state index is 12.2. The van der Waals surface area contributed by atoms with Gasteiger partial charge in [-0.15, -0.1) is 0 Å². The van der Waals surface area contributed by atoms with Gasteiger partial charge in [-0.05, 0) is 51.8 Å². The van der Waals surface area contributed by atoms with Gasteiger partial charge in [0.1, 0.15) is 0 Å². The van der Waals surface area contributed by atoms with Gasteiger partial charge in [-0.25, -0.2) is 13.1 Å². The van der Waals surface area contributed by atoms with E-state index in [0.717, 1.165) is 5.56 Å². The molecule has 0 aliphatic heterocycles. The molecule has 7 heteroatoms. The summed E-state index contributed by atoms with van der Waals surface area (Å²) in [5, 5.41) is 0.609. The number of nitrogens with one attached hydrogen (secondary N) is 1. The van der Waals surface area contributed by atoms with E-state index in [9.17, 15) is 8.42 Å². The lowest BCUT2D eigenvalue weighted by atomic mass is 10.2. The average Bonchev–Trinajstić information content (AvgIpc) is 2.37. The third-order valence-corrected chi connectivity index (χ3v) is 5.25. The fourth-order valence-corrected chi connectivity index (χ4v) is 3.83. The van der Waals surface area contributed by atoms with E-state index in [1.165, 1.54) is 6.07 Å². The fourth-order valence-electron chi connectivity index (χ4n) is 1.59. The molecule has 0 amide bonds. The molecular formula is C13H12BrClN2O2S. The van der Waals surface area contributed by atoms with Crippen molar-refractivity contribution in [3.05, 3.63) is 57.5 Å². The van der Waals surface area contributed by atoms with E-state index in [-0.39, 0.29) is 11.4 Å². The number of rotatable bonds is 4. The lowest BCUT2D eigenvalue weighted by Gasteiger charge is -2.09. The molecule has 0 aliphatic rings. The number of nitrogens with two attached hydrogens (primary N) is 1. The van der Waals surface area contributed by atoms with E-state index in [2.05, 4.69) is 20.7 Å². The minimum atomic E-state index is -3.60. The molecule has 0 saturated carbocycles. The SMILES string of the molecule is Nc1ccc(S(=O)(=O)NCc2ccc(Cl)cc2)c(Br)c1. The Labute approximate surface area is 131 Å². The van der Waals surface area contributed by atoms with Crippen molar-refractivity contribution in [2.24, 2.45) is 0 Å². The number of halogens is 2. The molecule has 0 fully saturated rings. The number of hydrogen-bond donors (Lipinski definition) is 2. The largest absolute Gasteiger partial charge is 0.399 e. The van der Waals surface area contributed by atoms with Gasteiger partial charge in [0.15, 0.2) is 0 Å². The second kappa shape index (κ2) is 6.13. The number of benzene rings is 2. The Morgan fingerprint density at radius 1 is 1.15 bits per heavy atom. The summed E-state index contributed by atoms with van der Waals surface area (Å²) >= 11 is 8.98. The van der Waals surface area contributed by atoms with Crippen molar-refractivity contribution in [2.45, 2.75) is 11.4 Å². The summed E-state index contributed by atoms with van der Waals surface area (Å²) in [7, 11) is -3.60. The molecule has 20 heavy (non-hydrogen) atoms. The van der Waals surface area contributed by atoms with Crippen LogP contribution in [0, 0.1) is 0 Å². The third-order valence-electron chi connectivity index (χ3n) is 2.63. The zero-order chi connectivity index (χ0) is 14.8. The van der Waals surface area contributed by atoms with Gasteiger partial charge in [-0.2, -0.15) is 0 Å². The molecule has 0 aromatic heterocycles. The molecule has 0 radical (unpaired) electrons. The highest BCUT2D eigenvalue weighted by Gasteiger charge is 2.17. The zero-order valence-electron chi connectivity index (χ0n) is 10.3. The summed E-state index contributed by atoms with van der Waals surface area (Å²) in [5.41, 5.74) is 6.91. The van der Waals surface area contributed by atoms with Crippen LogP contribution in [-0.4, -0.2) is 8.42 Å². The average molecular weight is 376 g/mol. The molecule has 2 rings (SSSR count). The molecule has 0 bridgehead atoms. The number of anilines is 1. The lowest BCUT2D eigenvalue weighted by molar-refractivity contribution is 0.581. The maximum Gasteiger partial charge on any atom is 0.241 e. The van der Waals surface area contributed by atoms with Gasteiger partial charge >= 0.3 is 0 Å². The van der Waals surface area contributed by atoms with E-state index in [0.29, 0.717) is 15.2 Å². The van der Waals surface area contributed by atoms with Crippen molar-refractivity contribution in [3.63, 3.8) is 0 Å². The summed E-state index contributed by atoms with van der Waals surface area (Å²) in [5.74, 6) is 0. The van der Waals surface area contributed by atoms with Crippen molar-refractivity contribution in [3.8, 4) is 0 Å². The van der Waals surface area contributed by atoms with Gasteiger partial charge in [0, 0.05) is 21.7 Å². The quantitative estimate of drug-likeness (QED) is 0.806. The van der Waals surface area contributed by atoms with E-state index in [1.54, 1.807) is 36.4 Å². The van der Waals surface area contributed by atoms with E-state index in [4.69, 9.17) is 17.3 Å². The maximum absolute atomic E-state index is 12.2. The first kappa shape index (κ1) is 15.3. The van der Waals surface area contributed by atoms with E-state index < -0.39 is 10.0 Å². The monoisotopic (exact) mass is 374 g/mol. The molecule has 0 unspecified atom stereocenters. The van der Waals surface area contributed by atoms with Crippen molar-refractivity contribution in [1.82, 2.24) is 4.72 Å². The molecule has 0 heterocycles. The molecule has 106 valence electrons. The van der Waals surface area contributed by atoms with Crippen LogP contribution in [-0.2, 0) is 16.6 Å². The van der Waals surface area contributed by atoms with Crippen molar-refractivity contribution in [2.75, 3.05) is 5.73 Å². The number of nitrogen functional groups attached to an aromatic ring is 1. The standard InChI is InChI=1S/C13H12BrClN2O2S/c14-12-7-11(16)5-6-13(12)20(18,19)17-8-9-1-3-10(15)4-2-9/h1-7,17H,8,16H2. The molecule has 2 aromatic carbocycles. The normalized spacial score (nSPS) is 11.5. The summed E-state index contributed by atoms with van der Waals surface area (Å²) in [6, 6.07) is 11.5. The zero-order valence-corrected chi connectivity index (χ0v) is 13.5. The molecule has 4 nitrogen and oxygen atoms in total. The molecule has 0 atom stereocenters. The summed E-state index contributed by atoms with van der Waals surface area (Å²) in [6.07, 6.45) is 0. The highest BCUT2D eigenvalue weighted by molar-refractivity contribution is 9.10. The molecule has 0 spiro atoms. The van der Waals surface area contributed by atoms with Crippen molar-refractivity contribution in [1.29, 1.82) is 0 Å². The van der Waals surface area contributed by atoms with Gasteiger partial charge < -0.3 is 5.73 Å². The Morgan fingerprint density at radius 2 is 1.80 bits per heavy atom. The third kappa shape index (κ3) is 3.73. The number of hydrogen-bond acceptors (Lipinski definition) is 3. The Balaban J connectivity index is 2.17. The van der Waals surface area contributed by atoms with E-state index >= 15 is 0 Å². The minimum Gasteiger partial charge on any atom is -0.399 e. The smallest absolute Gasteiger partial charge is 0.241 e. The predicted octanol–water partition coefficient (Wildman–Crippen LogP) is 3.16. The van der Waals surface area contributed by atoms with Crippen LogP contribution in [0.15, 0.2) is 51.8 Å². The van der Waals surface area contributed by atoms with Gasteiger partial charge in [0.2, 0.25) is 10.0 Å². The van der Waals surface area contributed by atoms with Crippen LogP contribution >= 0.6 is 27.5 Å². The van der Waals surface area contributed by atoms with Crippen LogP contribution in [0.25, 0.3) is 0 Å². The molecule has 3 N–H and O–H groups in total. The highest BCUT2D eigenvalue weighted by atomic mass is 79.9. The molecule has 0 aliphatic carbocycles. The Morgan fingerprint density at radius 3 is 2.40 bits per heavy atom. The Kier molecular flexibility index (Phi) is 4.70. The first-order valence-corrected chi connectivity index (χ1v) is 8.33. The van der Waals surface area contributed by atoms with Crippen LogP contribution in [0.4, 0.5) is 5.69 Å². The van der Waals surface area contributed by atoms with Crippen LogP contribution in [0.1, 0.15) is 5.56 Å². The first-order chi connectivity index (χ1) is 9.38. The van der Waals surface area contributed by atoms with Gasteiger partial charge in [0.25, 0.3) is 0 Å². The topological polar surface area (TPSA) is 72.2 Å².